The zero-order valence-electron chi connectivity index (χ0n) is 19.2. The average molecular weight is 457 g/mol. The summed E-state index contributed by atoms with van der Waals surface area (Å²) < 4.78 is 0. The predicted octanol–water partition coefficient (Wildman–Crippen LogP) is 6.40. The van der Waals surface area contributed by atoms with E-state index in [1.807, 2.05) is 18.2 Å². The van der Waals surface area contributed by atoms with E-state index in [0.29, 0.717) is 11.6 Å². The van der Waals surface area contributed by atoms with E-state index >= 15 is 0 Å². The van der Waals surface area contributed by atoms with Crippen molar-refractivity contribution in [3.05, 3.63) is 89.6 Å². The molecule has 6 nitrogen and oxygen atoms in total. The van der Waals surface area contributed by atoms with Crippen molar-refractivity contribution in [2.24, 2.45) is 0 Å². The molecule has 3 aromatic carbocycles. The zero-order chi connectivity index (χ0) is 23.4. The lowest BCUT2D eigenvalue weighted by Gasteiger charge is -2.24. The van der Waals surface area contributed by atoms with Gasteiger partial charge >= 0.3 is 0 Å². The average Bonchev–Trinajstić information content (AvgIpc) is 3.67. The Balaban J connectivity index is 1.23. The first-order valence-electron chi connectivity index (χ1n) is 12.1. The summed E-state index contributed by atoms with van der Waals surface area (Å²) in [6, 6.07) is 27.8. The Morgan fingerprint density at radius 1 is 0.914 bits per heavy atom. The van der Waals surface area contributed by atoms with Gasteiger partial charge in [-0.15, -0.1) is 0 Å². The fourth-order valence-electron chi connectivity index (χ4n) is 5.64. The summed E-state index contributed by atoms with van der Waals surface area (Å²) in [6.45, 7) is 2.00. The molecule has 170 valence electrons. The third-order valence-electron chi connectivity index (χ3n) is 7.35. The highest BCUT2D eigenvalue weighted by molar-refractivity contribution is 5.96. The number of hydrogen-bond donors (Lipinski definition) is 3. The molecule has 3 aromatic heterocycles. The van der Waals surface area contributed by atoms with Crippen LogP contribution in [0.25, 0.3) is 44.1 Å². The molecule has 0 spiro atoms. The highest BCUT2D eigenvalue weighted by atomic mass is 15.2. The van der Waals surface area contributed by atoms with E-state index < -0.39 is 0 Å². The van der Waals surface area contributed by atoms with Crippen molar-refractivity contribution in [3.63, 3.8) is 0 Å². The van der Waals surface area contributed by atoms with Gasteiger partial charge < -0.3 is 9.97 Å². The topological polar surface area (TPSA) is 87.3 Å². The maximum atomic E-state index is 9.20. The monoisotopic (exact) mass is 456 g/mol. The SMILES string of the molecule is N#Cc1ccc2c(-c3cc4c(CN5CCCC5c5cc6ccccc6[nH]5)cccc4[nH]3)n[nH]c2c1. The fourth-order valence-corrected chi connectivity index (χ4v) is 5.64. The quantitative estimate of drug-likeness (QED) is 0.287. The van der Waals surface area contributed by atoms with Gasteiger partial charge in [-0.05, 0) is 72.8 Å². The van der Waals surface area contributed by atoms with Crippen LogP contribution < -0.4 is 0 Å². The number of fused-ring (bicyclic) bond motifs is 3. The number of likely N-dealkylation sites (tertiary alicyclic amines) is 1. The normalized spacial score (nSPS) is 16.5. The van der Waals surface area contributed by atoms with Crippen LogP contribution in [0.15, 0.2) is 72.8 Å². The molecule has 35 heavy (non-hydrogen) atoms. The van der Waals surface area contributed by atoms with Crippen molar-refractivity contribution in [2.45, 2.75) is 25.4 Å². The van der Waals surface area contributed by atoms with Crippen LogP contribution in [0.1, 0.15) is 35.7 Å². The molecule has 6 heteroatoms. The maximum absolute atomic E-state index is 9.20. The van der Waals surface area contributed by atoms with E-state index in [0.717, 1.165) is 40.9 Å². The number of aromatic amines is 3. The van der Waals surface area contributed by atoms with Crippen LogP contribution in [0.5, 0.6) is 0 Å². The smallest absolute Gasteiger partial charge is 0.116 e. The van der Waals surface area contributed by atoms with Gasteiger partial charge in [-0.2, -0.15) is 10.4 Å². The predicted molar refractivity (Wildman–Crippen MR) is 139 cm³/mol. The summed E-state index contributed by atoms with van der Waals surface area (Å²) in [4.78, 5) is 9.83. The molecule has 7 rings (SSSR count). The molecule has 1 fully saturated rings. The number of hydrogen-bond acceptors (Lipinski definition) is 3. The van der Waals surface area contributed by atoms with Crippen molar-refractivity contribution in [1.82, 2.24) is 25.1 Å². The molecular weight excluding hydrogens is 432 g/mol. The van der Waals surface area contributed by atoms with Crippen LogP contribution in [-0.2, 0) is 6.54 Å². The molecule has 1 aliphatic heterocycles. The van der Waals surface area contributed by atoms with Gasteiger partial charge in [0.15, 0.2) is 0 Å². The van der Waals surface area contributed by atoms with Crippen molar-refractivity contribution in [3.8, 4) is 17.5 Å². The van der Waals surface area contributed by atoms with Gasteiger partial charge in [0.2, 0.25) is 0 Å². The molecule has 1 aliphatic rings. The second-order valence-corrected chi connectivity index (χ2v) is 9.45. The van der Waals surface area contributed by atoms with Crippen LogP contribution in [-0.4, -0.2) is 31.6 Å². The Morgan fingerprint density at radius 2 is 1.83 bits per heavy atom. The Morgan fingerprint density at radius 3 is 2.74 bits per heavy atom. The zero-order valence-corrected chi connectivity index (χ0v) is 19.2. The Labute approximate surface area is 202 Å². The summed E-state index contributed by atoms with van der Waals surface area (Å²) in [5, 5.41) is 20.4. The third-order valence-corrected chi connectivity index (χ3v) is 7.35. The van der Waals surface area contributed by atoms with Gasteiger partial charge in [0, 0.05) is 34.0 Å². The lowest BCUT2D eigenvalue weighted by molar-refractivity contribution is 0.246. The minimum atomic E-state index is 0.403. The summed E-state index contributed by atoms with van der Waals surface area (Å²) in [5.74, 6) is 0. The van der Waals surface area contributed by atoms with E-state index in [-0.39, 0.29) is 0 Å². The molecule has 1 atom stereocenters. The number of nitrogens with one attached hydrogen (secondary N) is 3. The highest BCUT2D eigenvalue weighted by Crippen LogP contribution is 2.36. The molecule has 1 unspecified atom stereocenters. The molecule has 3 N–H and O–H groups in total. The van der Waals surface area contributed by atoms with E-state index in [2.05, 4.69) is 85.7 Å². The Bertz CT molecular complexity index is 1710. The first kappa shape index (κ1) is 20.1. The lowest BCUT2D eigenvalue weighted by atomic mass is 10.1. The summed E-state index contributed by atoms with van der Waals surface area (Å²) >= 11 is 0. The maximum Gasteiger partial charge on any atom is 0.116 e. The molecule has 0 amide bonds. The number of rotatable bonds is 4. The van der Waals surface area contributed by atoms with Gasteiger partial charge in [0.25, 0.3) is 0 Å². The molecule has 0 aliphatic carbocycles. The van der Waals surface area contributed by atoms with Crippen LogP contribution in [0.4, 0.5) is 0 Å². The summed E-state index contributed by atoms with van der Waals surface area (Å²) in [6.07, 6.45) is 2.38. The largest absolute Gasteiger partial charge is 0.357 e. The molecule has 6 aromatic rings. The van der Waals surface area contributed by atoms with Crippen LogP contribution >= 0.6 is 0 Å². The minimum Gasteiger partial charge on any atom is -0.357 e. The van der Waals surface area contributed by atoms with Crippen LogP contribution in [0.2, 0.25) is 0 Å². The van der Waals surface area contributed by atoms with Gasteiger partial charge in [0.05, 0.1) is 28.9 Å². The third kappa shape index (κ3) is 3.32. The van der Waals surface area contributed by atoms with E-state index in [9.17, 15) is 5.26 Å². The Kier molecular flexibility index (Phi) is 4.51. The first-order chi connectivity index (χ1) is 17.3. The first-order valence-corrected chi connectivity index (χ1v) is 12.1. The number of nitriles is 1. The standard InChI is InChI=1S/C29H24N6/c30-16-18-10-11-21-25(13-18)33-34-29(21)27-15-22-20(6-3-8-24(22)32-27)17-35-12-4-9-28(35)26-14-19-5-1-2-7-23(19)31-26/h1-3,5-8,10-11,13-15,28,31-32H,4,9,12,17H2,(H,33,34). The lowest BCUT2D eigenvalue weighted by Crippen LogP contribution is -2.23. The number of H-pyrrole nitrogens is 3. The summed E-state index contributed by atoms with van der Waals surface area (Å²) in [7, 11) is 0. The van der Waals surface area contributed by atoms with Crippen molar-refractivity contribution < 1.29 is 0 Å². The molecule has 1 saturated heterocycles. The van der Waals surface area contributed by atoms with Crippen molar-refractivity contribution in [1.29, 1.82) is 5.26 Å². The van der Waals surface area contributed by atoms with Crippen LogP contribution in [0, 0.1) is 11.3 Å². The number of nitrogens with zero attached hydrogens (tertiary/aromatic N) is 3. The highest BCUT2D eigenvalue weighted by Gasteiger charge is 2.28. The second kappa shape index (κ2) is 7.86. The minimum absolute atomic E-state index is 0.403. The van der Waals surface area contributed by atoms with E-state index in [1.165, 1.54) is 40.4 Å². The molecule has 0 radical (unpaired) electrons. The summed E-state index contributed by atoms with van der Waals surface area (Å²) in [5.41, 5.74) is 8.31. The molecular formula is C29H24N6. The van der Waals surface area contributed by atoms with Crippen LogP contribution in [0.3, 0.4) is 0 Å². The molecule has 4 heterocycles. The number of aromatic nitrogens is 4. The molecule has 0 saturated carbocycles. The second-order valence-electron chi connectivity index (χ2n) is 9.45. The van der Waals surface area contributed by atoms with Gasteiger partial charge in [-0.1, -0.05) is 30.3 Å². The fraction of sp³-hybridized carbons (Fsp3) is 0.172. The van der Waals surface area contributed by atoms with E-state index in [1.54, 1.807) is 0 Å². The van der Waals surface area contributed by atoms with Crippen molar-refractivity contribution >= 4 is 32.7 Å². The van der Waals surface area contributed by atoms with E-state index in [4.69, 9.17) is 0 Å². The Hall–Kier alpha value is -4.34. The molecule has 0 bridgehead atoms. The number of para-hydroxylation sites is 1. The van der Waals surface area contributed by atoms with Crippen molar-refractivity contribution in [2.75, 3.05) is 6.54 Å². The van der Waals surface area contributed by atoms with Gasteiger partial charge in [-0.3, -0.25) is 10.00 Å². The number of benzene rings is 3. The van der Waals surface area contributed by atoms with Gasteiger partial charge in [0.1, 0.15) is 5.69 Å². The van der Waals surface area contributed by atoms with Gasteiger partial charge in [-0.25, -0.2) is 0 Å².